The molecule has 1 heteroatoms. The number of rotatable bonds is 2. The molecule has 110 valence electrons. The van der Waals surface area contributed by atoms with Crippen molar-refractivity contribution in [1.29, 1.82) is 0 Å². The minimum absolute atomic E-state index is 0.227. The molecule has 2 aromatic carbocycles. The van der Waals surface area contributed by atoms with E-state index in [1.54, 1.807) is 0 Å². The number of benzene rings is 2. The van der Waals surface area contributed by atoms with Gasteiger partial charge in [-0.2, -0.15) is 0 Å². The number of nitrogens with one attached hydrogen (secondary N) is 1. The predicted molar refractivity (Wildman–Crippen MR) is 89.7 cm³/mol. The van der Waals surface area contributed by atoms with E-state index in [0.717, 1.165) is 6.54 Å². The number of hydrogen-bond acceptors (Lipinski definition) is 1. The van der Waals surface area contributed by atoms with Gasteiger partial charge < -0.3 is 5.32 Å². The molecular formula is C20H25N. The Kier molecular flexibility index (Phi) is 3.86. The average molecular weight is 279 g/mol. The van der Waals surface area contributed by atoms with Gasteiger partial charge in [-0.15, -0.1) is 0 Å². The normalized spacial score (nSPS) is 22.4. The summed E-state index contributed by atoms with van der Waals surface area (Å²) in [5.74, 6) is 0.585. The summed E-state index contributed by atoms with van der Waals surface area (Å²) in [5, 5.41) is 3.67. The molecule has 1 N–H and O–H groups in total. The molecule has 0 amide bonds. The smallest absolute Gasteiger partial charge is 0.0390 e. The highest BCUT2D eigenvalue weighted by molar-refractivity contribution is 5.33. The van der Waals surface area contributed by atoms with E-state index in [-0.39, 0.29) is 5.41 Å². The summed E-state index contributed by atoms with van der Waals surface area (Å²) in [7, 11) is 0. The fourth-order valence-corrected chi connectivity index (χ4v) is 3.30. The Morgan fingerprint density at radius 3 is 2.14 bits per heavy atom. The van der Waals surface area contributed by atoms with Crippen molar-refractivity contribution in [3.05, 3.63) is 71.3 Å². The molecule has 0 saturated carbocycles. The number of hydrogen-bond donors (Lipinski definition) is 1. The fraction of sp³-hybridized carbons (Fsp3) is 0.400. The lowest BCUT2D eigenvalue weighted by atomic mass is 9.83. The van der Waals surface area contributed by atoms with Gasteiger partial charge in [0.05, 0.1) is 0 Å². The maximum Gasteiger partial charge on any atom is 0.0390 e. The Balaban J connectivity index is 1.86. The Hall–Kier alpha value is -1.60. The third kappa shape index (κ3) is 3.03. The lowest BCUT2D eigenvalue weighted by molar-refractivity contribution is 0.573. The second-order valence-corrected chi connectivity index (χ2v) is 7.11. The van der Waals surface area contributed by atoms with E-state index in [1.807, 2.05) is 0 Å². The molecule has 1 aliphatic rings. The highest BCUT2D eigenvalue weighted by Gasteiger charge is 2.29. The van der Waals surface area contributed by atoms with Crippen LogP contribution in [0.1, 0.15) is 55.8 Å². The Bertz CT molecular complexity index is 577. The van der Waals surface area contributed by atoms with Gasteiger partial charge in [0.25, 0.3) is 0 Å². The first-order valence-electron chi connectivity index (χ1n) is 7.94. The molecule has 1 nitrogen and oxygen atoms in total. The van der Waals surface area contributed by atoms with Gasteiger partial charge in [0.2, 0.25) is 0 Å². The highest BCUT2D eigenvalue weighted by atomic mass is 15.0. The van der Waals surface area contributed by atoms with Crippen LogP contribution < -0.4 is 5.32 Å². The molecule has 0 radical (unpaired) electrons. The second kappa shape index (κ2) is 5.65. The lowest BCUT2D eigenvalue weighted by Gasteiger charge is -2.23. The van der Waals surface area contributed by atoms with Crippen molar-refractivity contribution in [2.24, 2.45) is 0 Å². The fourth-order valence-electron chi connectivity index (χ4n) is 3.30. The molecule has 2 unspecified atom stereocenters. The van der Waals surface area contributed by atoms with Crippen molar-refractivity contribution in [1.82, 2.24) is 5.32 Å². The SMILES string of the molecule is CC(C)(C)c1ccc(C2CCNC2c2ccccc2)cc1. The van der Waals surface area contributed by atoms with Crippen LogP contribution in [-0.2, 0) is 5.41 Å². The molecule has 0 bridgehead atoms. The molecule has 0 aromatic heterocycles. The van der Waals surface area contributed by atoms with Crippen LogP contribution in [-0.4, -0.2) is 6.54 Å². The van der Waals surface area contributed by atoms with Crippen molar-refractivity contribution in [2.75, 3.05) is 6.54 Å². The molecule has 2 atom stereocenters. The van der Waals surface area contributed by atoms with Crippen molar-refractivity contribution < 1.29 is 0 Å². The second-order valence-electron chi connectivity index (χ2n) is 7.11. The minimum atomic E-state index is 0.227. The Labute approximate surface area is 128 Å². The molecule has 1 fully saturated rings. The van der Waals surface area contributed by atoms with E-state index in [4.69, 9.17) is 0 Å². The van der Waals surface area contributed by atoms with E-state index in [2.05, 4.69) is 80.7 Å². The highest BCUT2D eigenvalue weighted by Crippen LogP contribution is 2.38. The monoisotopic (exact) mass is 279 g/mol. The van der Waals surface area contributed by atoms with Gasteiger partial charge in [-0.3, -0.25) is 0 Å². The van der Waals surface area contributed by atoms with Crippen LogP contribution in [0.5, 0.6) is 0 Å². The van der Waals surface area contributed by atoms with E-state index in [1.165, 1.54) is 23.1 Å². The van der Waals surface area contributed by atoms with Crippen LogP contribution >= 0.6 is 0 Å². The van der Waals surface area contributed by atoms with Gasteiger partial charge in [0.1, 0.15) is 0 Å². The molecule has 1 aliphatic heterocycles. The molecule has 0 aliphatic carbocycles. The minimum Gasteiger partial charge on any atom is -0.309 e. The van der Waals surface area contributed by atoms with Crippen LogP contribution in [0.25, 0.3) is 0 Å². The molecule has 3 rings (SSSR count). The van der Waals surface area contributed by atoms with Gasteiger partial charge in [0, 0.05) is 12.0 Å². The maximum absolute atomic E-state index is 3.67. The van der Waals surface area contributed by atoms with Crippen LogP contribution in [0.3, 0.4) is 0 Å². The first-order valence-corrected chi connectivity index (χ1v) is 7.94. The zero-order valence-electron chi connectivity index (χ0n) is 13.3. The largest absolute Gasteiger partial charge is 0.309 e. The third-order valence-corrected chi connectivity index (χ3v) is 4.59. The van der Waals surface area contributed by atoms with E-state index < -0.39 is 0 Å². The van der Waals surface area contributed by atoms with Crippen LogP contribution in [0, 0.1) is 0 Å². The molecule has 0 spiro atoms. The molecule has 1 heterocycles. The summed E-state index contributed by atoms with van der Waals surface area (Å²) in [4.78, 5) is 0. The van der Waals surface area contributed by atoms with E-state index in [0.29, 0.717) is 12.0 Å². The summed E-state index contributed by atoms with van der Waals surface area (Å²) < 4.78 is 0. The summed E-state index contributed by atoms with van der Waals surface area (Å²) in [6.45, 7) is 7.91. The first kappa shape index (κ1) is 14.3. The summed E-state index contributed by atoms with van der Waals surface area (Å²) in [5.41, 5.74) is 4.50. The quantitative estimate of drug-likeness (QED) is 0.832. The van der Waals surface area contributed by atoms with Gasteiger partial charge in [-0.25, -0.2) is 0 Å². The lowest BCUT2D eigenvalue weighted by Crippen LogP contribution is -2.17. The van der Waals surface area contributed by atoms with Gasteiger partial charge in [-0.1, -0.05) is 75.4 Å². The average Bonchev–Trinajstić information content (AvgIpc) is 2.97. The summed E-state index contributed by atoms with van der Waals surface area (Å²) >= 11 is 0. The first-order chi connectivity index (χ1) is 10.1. The van der Waals surface area contributed by atoms with Crippen molar-refractivity contribution in [3.8, 4) is 0 Å². The summed E-state index contributed by atoms with van der Waals surface area (Å²) in [6, 6.07) is 20.5. The van der Waals surface area contributed by atoms with Gasteiger partial charge >= 0.3 is 0 Å². The topological polar surface area (TPSA) is 12.0 Å². The standard InChI is InChI=1S/C20H25N/c1-20(2,3)17-11-9-15(10-12-17)18-13-14-21-19(18)16-7-5-4-6-8-16/h4-12,18-19,21H,13-14H2,1-3H3. The molecule has 2 aromatic rings. The van der Waals surface area contributed by atoms with Crippen molar-refractivity contribution in [2.45, 2.75) is 44.6 Å². The molecule has 21 heavy (non-hydrogen) atoms. The zero-order chi connectivity index (χ0) is 14.9. The molecule has 1 saturated heterocycles. The zero-order valence-corrected chi connectivity index (χ0v) is 13.3. The van der Waals surface area contributed by atoms with E-state index >= 15 is 0 Å². The summed E-state index contributed by atoms with van der Waals surface area (Å²) in [6.07, 6.45) is 1.22. The van der Waals surface area contributed by atoms with Crippen LogP contribution in [0.4, 0.5) is 0 Å². The van der Waals surface area contributed by atoms with Crippen LogP contribution in [0.15, 0.2) is 54.6 Å². The third-order valence-electron chi connectivity index (χ3n) is 4.59. The van der Waals surface area contributed by atoms with Crippen molar-refractivity contribution in [3.63, 3.8) is 0 Å². The Morgan fingerprint density at radius 1 is 0.857 bits per heavy atom. The van der Waals surface area contributed by atoms with Gasteiger partial charge in [0.15, 0.2) is 0 Å². The molecular weight excluding hydrogens is 254 g/mol. The van der Waals surface area contributed by atoms with Gasteiger partial charge in [-0.05, 0) is 35.1 Å². The Morgan fingerprint density at radius 2 is 1.52 bits per heavy atom. The van der Waals surface area contributed by atoms with E-state index in [9.17, 15) is 0 Å². The van der Waals surface area contributed by atoms with Crippen LogP contribution in [0.2, 0.25) is 0 Å². The van der Waals surface area contributed by atoms with Crippen molar-refractivity contribution >= 4 is 0 Å². The predicted octanol–water partition coefficient (Wildman–Crippen LogP) is 4.80. The maximum atomic E-state index is 3.67.